The second-order valence-electron chi connectivity index (χ2n) is 12.5. The molecule has 2 heteroatoms. The molecule has 0 fully saturated rings. The van der Waals surface area contributed by atoms with Gasteiger partial charge in [0, 0.05) is 21.7 Å². The van der Waals surface area contributed by atoms with Gasteiger partial charge in [-0.05, 0) is 67.5 Å². The van der Waals surface area contributed by atoms with Gasteiger partial charge in [-0.25, -0.2) is 0 Å². The van der Waals surface area contributed by atoms with E-state index in [4.69, 9.17) is 4.42 Å². The number of rotatable bonds is 4. The van der Waals surface area contributed by atoms with Crippen molar-refractivity contribution in [3.63, 3.8) is 0 Å². The highest BCUT2D eigenvalue weighted by Gasteiger charge is 2.24. The Morgan fingerprint density at radius 3 is 1.75 bits per heavy atom. The van der Waals surface area contributed by atoms with Crippen LogP contribution in [0.2, 0.25) is 0 Å². The average Bonchev–Trinajstić information content (AvgIpc) is 3.55. The Kier molecular flexibility index (Phi) is 5.91. The highest BCUT2D eigenvalue weighted by molar-refractivity contribution is 6.25. The summed E-state index contributed by atoms with van der Waals surface area (Å²) in [6.45, 7) is 0. The highest BCUT2D eigenvalue weighted by Crippen LogP contribution is 2.49. The first-order chi connectivity index (χ1) is 23.8. The number of furan rings is 1. The van der Waals surface area contributed by atoms with E-state index in [1.54, 1.807) is 0 Å². The molecular weight excluding hydrogens is 583 g/mol. The summed E-state index contributed by atoms with van der Waals surface area (Å²) in [5.74, 6) is 0. The van der Waals surface area contributed by atoms with Crippen LogP contribution in [0.3, 0.4) is 0 Å². The van der Waals surface area contributed by atoms with Gasteiger partial charge in [-0.15, -0.1) is 0 Å². The second kappa shape index (κ2) is 10.6. The van der Waals surface area contributed by atoms with Crippen LogP contribution >= 0.6 is 0 Å². The van der Waals surface area contributed by atoms with Crippen LogP contribution in [0.25, 0.3) is 76.2 Å². The number of nitrogens with zero attached hydrogens (tertiary/aromatic N) is 1. The molecule has 0 aliphatic carbocycles. The van der Waals surface area contributed by atoms with Gasteiger partial charge in [-0.3, -0.25) is 0 Å². The molecule has 0 N–H and O–H groups in total. The predicted octanol–water partition coefficient (Wildman–Crippen LogP) is 13.3. The van der Waals surface area contributed by atoms with Gasteiger partial charge in [0.15, 0.2) is 5.58 Å². The molecule has 9 aromatic carbocycles. The monoisotopic (exact) mass is 611 g/mol. The molecular formula is C46H29NO. The topological polar surface area (TPSA) is 16.4 Å². The molecule has 10 rings (SSSR count). The zero-order valence-electron chi connectivity index (χ0n) is 26.1. The minimum absolute atomic E-state index is 0.870. The smallest absolute Gasteiger partial charge is 0.159 e. The van der Waals surface area contributed by atoms with Gasteiger partial charge in [0.05, 0.1) is 17.1 Å². The van der Waals surface area contributed by atoms with Crippen LogP contribution in [0.5, 0.6) is 0 Å². The van der Waals surface area contributed by atoms with Crippen molar-refractivity contribution in [3.8, 4) is 11.1 Å². The third-order valence-electron chi connectivity index (χ3n) is 9.80. The highest BCUT2D eigenvalue weighted by atomic mass is 16.3. The van der Waals surface area contributed by atoms with E-state index in [0.717, 1.165) is 50.1 Å². The molecule has 0 radical (unpaired) electrons. The van der Waals surface area contributed by atoms with Gasteiger partial charge >= 0.3 is 0 Å². The number of para-hydroxylation sites is 2. The predicted molar refractivity (Wildman–Crippen MR) is 204 cm³/mol. The van der Waals surface area contributed by atoms with E-state index in [1.807, 2.05) is 0 Å². The number of hydrogen-bond donors (Lipinski definition) is 0. The van der Waals surface area contributed by atoms with Crippen molar-refractivity contribution in [2.45, 2.75) is 0 Å². The van der Waals surface area contributed by atoms with Crippen molar-refractivity contribution < 1.29 is 4.42 Å². The van der Waals surface area contributed by atoms with Crippen molar-refractivity contribution in [2.75, 3.05) is 4.90 Å². The SMILES string of the molecule is c1ccc(-c2ccccc2N(c2cc3ccc4ccccc4c3c3ccccc23)c2cccc3c2oc2ccc4ccccc4c23)cc1. The lowest BCUT2D eigenvalue weighted by atomic mass is 9.94. The Morgan fingerprint density at radius 2 is 0.938 bits per heavy atom. The summed E-state index contributed by atoms with van der Waals surface area (Å²) >= 11 is 0. The third kappa shape index (κ3) is 4.00. The summed E-state index contributed by atoms with van der Waals surface area (Å²) < 4.78 is 6.88. The summed E-state index contributed by atoms with van der Waals surface area (Å²) in [6, 6.07) is 63.2. The van der Waals surface area contributed by atoms with Gasteiger partial charge in [0.2, 0.25) is 0 Å². The fourth-order valence-corrected chi connectivity index (χ4v) is 7.69. The zero-order valence-corrected chi connectivity index (χ0v) is 26.1. The molecule has 0 aliphatic heterocycles. The Labute approximate surface area is 277 Å². The van der Waals surface area contributed by atoms with Gasteiger partial charge in [-0.1, -0.05) is 152 Å². The Morgan fingerprint density at radius 1 is 0.354 bits per heavy atom. The first kappa shape index (κ1) is 26.8. The van der Waals surface area contributed by atoms with Crippen molar-refractivity contribution in [3.05, 3.63) is 176 Å². The number of anilines is 3. The quantitative estimate of drug-likeness (QED) is 0.184. The van der Waals surface area contributed by atoms with Crippen molar-refractivity contribution in [2.24, 2.45) is 0 Å². The van der Waals surface area contributed by atoms with Crippen LogP contribution in [0.1, 0.15) is 0 Å². The number of hydrogen-bond acceptors (Lipinski definition) is 2. The maximum Gasteiger partial charge on any atom is 0.159 e. The number of fused-ring (bicyclic) bond motifs is 10. The van der Waals surface area contributed by atoms with Crippen LogP contribution in [0.15, 0.2) is 180 Å². The van der Waals surface area contributed by atoms with Crippen LogP contribution in [0.4, 0.5) is 17.1 Å². The van der Waals surface area contributed by atoms with Crippen LogP contribution in [-0.4, -0.2) is 0 Å². The number of benzene rings is 9. The minimum Gasteiger partial charge on any atom is -0.454 e. The molecule has 0 unspecified atom stereocenters. The first-order valence-electron chi connectivity index (χ1n) is 16.4. The zero-order chi connectivity index (χ0) is 31.6. The summed E-state index contributed by atoms with van der Waals surface area (Å²) in [7, 11) is 0. The molecule has 0 saturated carbocycles. The van der Waals surface area contributed by atoms with E-state index in [1.165, 1.54) is 43.1 Å². The lowest BCUT2D eigenvalue weighted by Crippen LogP contribution is -2.12. The molecule has 0 saturated heterocycles. The van der Waals surface area contributed by atoms with E-state index in [9.17, 15) is 0 Å². The van der Waals surface area contributed by atoms with Gasteiger partial charge in [-0.2, -0.15) is 0 Å². The minimum atomic E-state index is 0.870. The lowest BCUT2D eigenvalue weighted by molar-refractivity contribution is 0.669. The van der Waals surface area contributed by atoms with E-state index < -0.39 is 0 Å². The van der Waals surface area contributed by atoms with Gasteiger partial charge < -0.3 is 9.32 Å². The van der Waals surface area contributed by atoms with E-state index in [0.29, 0.717) is 0 Å². The normalized spacial score (nSPS) is 11.8. The van der Waals surface area contributed by atoms with Crippen LogP contribution < -0.4 is 4.90 Å². The summed E-state index contributed by atoms with van der Waals surface area (Å²) in [6.07, 6.45) is 0. The Hall–Kier alpha value is -6.38. The van der Waals surface area contributed by atoms with Gasteiger partial charge in [0.1, 0.15) is 5.58 Å². The molecule has 10 aromatic rings. The summed E-state index contributed by atoms with van der Waals surface area (Å²) in [4.78, 5) is 2.42. The average molecular weight is 612 g/mol. The van der Waals surface area contributed by atoms with Crippen molar-refractivity contribution in [1.29, 1.82) is 0 Å². The molecule has 0 spiro atoms. The lowest BCUT2D eigenvalue weighted by Gasteiger charge is -2.29. The van der Waals surface area contributed by atoms with Crippen LogP contribution in [-0.2, 0) is 0 Å². The molecule has 48 heavy (non-hydrogen) atoms. The molecule has 224 valence electrons. The van der Waals surface area contributed by atoms with Crippen molar-refractivity contribution >= 4 is 82.1 Å². The van der Waals surface area contributed by atoms with E-state index in [2.05, 4.69) is 181 Å². The fraction of sp³-hybridized carbons (Fsp3) is 0. The molecule has 2 nitrogen and oxygen atoms in total. The molecule has 1 aromatic heterocycles. The molecule has 0 aliphatic rings. The van der Waals surface area contributed by atoms with Gasteiger partial charge in [0.25, 0.3) is 0 Å². The maximum atomic E-state index is 6.88. The standard InChI is InChI=1S/C46H29NO/c1-2-13-30(14-3-1)34-17-10-11-23-40(34)47(41-24-12-22-39-45-36-19-7-5-16-32(36)27-28-43(45)48-46(39)41)42-29-33-26-25-31-15-4-6-18-35(31)44(33)38-21-9-8-20-37(38)42/h1-29H. The Balaban J connectivity index is 1.35. The van der Waals surface area contributed by atoms with E-state index in [-0.39, 0.29) is 0 Å². The fourth-order valence-electron chi connectivity index (χ4n) is 7.69. The second-order valence-corrected chi connectivity index (χ2v) is 12.5. The molecule has 0 bridgehead atoms. The largest absolute Gasteiger partial charge is 0.454 e. The molecule has 1 heterocycles. The maximum absolute atomic E-state index is 6.88. The van der Waals surface area contributed by atoms with Crippen LogP contribution in [0, 0.1) is 0 Å². The first-order valence-corrected chi connectivity index (χ1v) is 16.4. The summed E-state index contributed by atoms with van der Waals surface area (Å²) in [5.41, 5.74) is 7.27. The molecule has 0 atom stereocenters. The van der Waals surface area contributed by atoms with Crippen molar-refractivity contribution in [1.82, 2.24) is 0 Å². The van der Waals surface area contributed by atoms with E-state index >= 15 is 0 Å². The summed E-state index contributed by atoms with van der Waals surface area (Å²) in [5, 5.41) is 12.1. The Bertz CT molecular complexity index is 2850. The third-order valence-corrected chi connectivity index (χ3v) is 9.80. The molecule has 0 amide bonds.